The molecule has 0 aliphatic heterocycles. The summed E-state index contributed by atoms with van der Waals surface area (Å²) >= 11 is 3.35. The molecule has 0 aromatic heterocycles. The summed E-state index contributed by atoms with van der Waals surface area (Å²) in [4.78, 5) is 0. The van der Waals surface area contributed by atoms with Crippen LogP contribution in [0.1, 0.15) is 12.8 Å². The summed E-state index contributed by atoms with van der Waals surface area (Å²) in [7, 11) is 0. The minimum Gasteiger partial charge on any atom is -0.119 e. The van der Waals surface area contributed by atoms with Crippen molar-refractivity contribution in [1.29, 1.82) is 0 Å². The second kappa shape index (κ2) is 1.52. The normalized spacial score (nSPS) is 23.4. The van der Waals surface area contributed by atoms with Gasteiger partial charge in [0.15, 0.2) is 0 Å². The number of terminal acetylenes is 1. The highest BCUT2D eigenvalue weighted by atomic mass is 79.9. The van der Waals surface area contributed by atoms with Crippen LogP contribution in [0.2, 0.25) is 0 Å². The lowest BCUT2D eigenvalue weighted by molar-refractivity contribution is 0.807. The molecule has 0 nitrogen and oxygen atoms in total. The van der Waals surface area contributed by atoms with Gasteiger partial charge in [-0.1, -0.05) is 21.9 Å². The van der Waals surface area contributed by atoms with Gasteiger partial charge in [0.2, 0.25) is 0 Å². The second-order valence-electron chi connectivity index (χ2n) is 2.06. The van der Waals surface area contributed by atoms with Crippen molar-refractivity contribution in [2.75, 3.05) is 5.33 Å². The maximum Gasteiger partial charge on any atom is 0.0409 e. The maximum atomic E-state index is 5.20. The first-order chi connectivity index (χ1) is 3.33. The Balaban J connectivity index is 2.47. The topological polar surface area (TPSA) is 0 Å². The van der Waals surface area contributed by atoms with Crippen LogP contribution in [0.15, 0.2) is 0 Å². The monoisotopic (exact) mass is 158 g/mol. The molecule has 1 saturated carbocycles. The molecular weight excluding hydrogens is 152 g/mol. The van der Waals surface area contributed by atoms with E-state index in [0.29, 0.717) is 0 Å². The Kier molecular flexibility index (Phi) is 1.13. The zero-order chi connectivity index (χ0) is 5.33. The lowest BCUT2D eigenvalue weighted by atomic mass is 10.2. The molecule has 0 spiro atoms. The average molecular weight is 159 g/mol. The minimum atomic E-state index is 0.278. The molecule has 0 radical (unpaired) electrons. The van der Waals surface area contributed by atoms with E-state index in [9.17, 15) is 0 Å². The summed E-state index contributed by atoms with van der Waals surface area (Å²) in [6.07, 6.45) is 7.63. The SMILES string of the molecule is C#CC1(CBr)CC1. The third-order valence-electron chi connectivity index (χ3n) is 1.42. The molecule has 1 fully saturated rings. The van der Waals surface area contributed by atoms with Gasteiger partial charge in [-0.25, -0.2) is 0 Å². The van der Waals surface area contributed by atoms with Crippen molar-refractivity contribution in [3.63, 3.8) is 0 Å². The number of halogens is 1. The molecule has 1 rings (SSSR count). The molecular formula is C6H7Br. The molecule has 0 unspecified atom stereocenters. The molecule has 1 heteroatoms. The lowest BCUT2D eigenvalue weighted by Crippen LogP contribution is -1.94. The van der Waals surface area contributed by atoms with Crippen LogP contribution >= 0.6 is 15.9 Å². The molecule has 0 N–H and O–H groups in total. The molecule has 0 amide bonds. The molecule has 1 aliphatic carbocycles. The van der Waals surface area contributed by atoms with Crippen LogP contribution in [-0.2, 0) is 0 Å². The van der Waals surface area contributed by atoms with Gasteiger partial charge in [0.05, 0.1) is 0 Å². The highest BCUT2D eigenvalue weighted by molar-refractivity contribution is 9.09. The van der Waals surface area contributed by atoms with Crippen LogP contribution < -0.4 is 0 Å². The standard InChI is InChI=1S/C6H7Br/c1-2-6(5-7)3-4-6/h1H,3-5H2. The fourth-order valence-corrected chi connectivity index (χ4v) is 1.19. The highest BCUT2D eigenvalue weighted by Crippen LogP contribution is 2.45. The van der Waals surface area contributed by atoms with Gasteiger partial charge >= 0.3 is 0 Å². The van der Waals surface area contributed by atoms with E-state index >= 15 is 0 Å². The van der Waals surface area contributed by atoms with Crippen molar-refractivity contribution in [1.82, 2.24) is 0 Å². The van der Waals surface area contributed by atoms with Crippen LogP contribution in [0.4, 0.5) is 0 Å². The van der Waals surface area contributed by atoms with E-state index in [1.807, 2.05) is 0 Å². The van der Waals surface area contributed by atoms with Crippen molar-refractivity contribution in [3.05, 3.63) is 0 Å². The molecule has 0 atom stereocenters. The number of rotatable bonds is 1. The fraction of sp³-hybridized carbons (Fsp3) is 0.667. The Bertz CT molecular complexity index is 106. The molecule has 7 heavy (non-hydrogen) atoms. The molecule has 0 heterocycles. The Hall–Kier alpha value is 0.0400. The van der Waals surface area contributed by atoms with Gasteiger partial charge in [-0.2, -0.15) is 0 Å². The van der Waals surface area contributed by atoms with Crippen LogP contribution in [0.3, 0.4) is 0 Å². The van der Waals surface area contributed by atoms with Crippen LogP contribution in [-0.4, -0.2) is 5.33 Å². The van der Waals surface area contributed by atoms with Gasteiger partial charge in [0.25, 0.3) is 0 Å². The first-order valence-electron chi connectivity index (χ1n) is 2.37. The van der Waals surface area contributed by atoms with E-state index in [-0.39, 0.29) is 5.41 Å². The van der Waals surface area contributed by atoms with Gasteiger partial charge < -0.3 is 0 Å². The maximum absolute atomic E-state index is 5.20. The smallest absolute Gasteiger partial charge is 0.0409 e. The van der Waals surface area contributed by atoms with E-state index in [1.165, 1.54) is 12.8 Å². The summed E-state index contributed by atoms with van der Waals surface area (Å²) in [5.41, 5.74) is 0.278. The van der Waals surface area contributed by atoms with Gasteiger partial charge in [0.1, 0.15) is 0 Å². The summed E-state index contributed by atoms with van der Waals surface area (Å²) in [5.74, 6) is 2.76. The highest BCUT2D eigenvalue weighted by Gasteiger charge is 2.39. The third kappa shape index (κ3) is 0.809. The largest absolute Gasteiger partial charge is 0.119 e. The van der Waals surface area contributed by atoms with Crippen LogP contribution in [0.25, 0.3) is 0 Å². The molecule has 0 saturated heterocycles. The van der Waals surface area contributed by atoms with E-state index in [2.05, 4.69) is 21.9 Å². The molecule has 0 aromatic rings. The summed E-state index contributed by atoms with van der Waals surface area (Å²) in [6.45, 7) is 0. The van der Waals surface area contributed by atoms with Crippen molar-refractivity contribution in [2.24, 2.45) is 5.41 Å². The molecule has 38 valence electrons. The van der Waals surface area contributed by atoms with Crippen LogP contribution in [0.5, 0.6) is 0 Å². The third-order valence-corrected chi connectivity index (χ3v) is 2.49. The van der Waals surface area contributed by atoms with Crippen molar-refractivity contribution in [2.45, 2.75) is 12.8 Å². The van der Waals surface area contributed by atoms with Crippen molar-refractivity contribution < 1.29 is 0 Å². The average Bonchev–Trinajstić information content (AvgIpc) is 2.46. The van der Waals surface area contributed by atoms with Gasteiger partial charge in [-0.15, -0.1) is 6.42 Å². The van der Waals surface area contributed by atoms with E-state index < -0.39 is 0 Å². The Morgan fingerprint density at radius 1 is 1.71 bits per heavy atom. The number of hydrogen-bond acceptors (Lipinski definition) is 0. The number of alkyl halides is 1. The summed E-state index contributed by atoms with van der Waals surface area (Å²) in [5, 5.41) is 0.983. The Morgan fingerprint density at radius 2 is 2.29 bits per heavy atom. The quantitative estimate of drug-likeness (QED) is 0.404. The Morgan fingerprint density at radius 3 is 2.29 bits per heavy atom. The van der Waals surface area contributed by atoms with Gasteiger partial charge in [-0.3, -0.25) is 0 Å². The number of hydrogen-bond donors (Lipinski definition) is 0. The van der Waals surface area contributed by atoms with E-state index in [0.717, 1.165) is 5.33 Å². The fourth-order valence-electron chi connectivity index (χ4n) is 0.467. The summed E-state index contributed by atoms with van der Waals surface area (Å²) in [6, 6.07) is 0. The van der Waals surface area contributed by atoms with Crippen molar-refractivity contribution >= 4 is 15.9 Å². The first-order valence-corrected chi connectivity index (χ1v) is 3.49. The second-order valence-corrected chi connectivity index (χ2v) is 2.62. The predicted octanol–water partition coefficient (Wildman–Crippen LogP) is 1.79. The minimum absolute atomic E-state index is 0.278. The van der Waals surface area contributed by atoms with Gasteiger partial charge in [0, 0.05) is 10.7 Å². The summed E-state index contributed by atoms with van der Waals surface area (Å²) < 4.78 is 0. The Labute approximate surface area is 52.4 Å². The van der Waals surface area contributed by atoms with Crippen molar-refractivity contribution in [3.8, 4) is 12.3 Å². The van der Waals surface area contributed by atoms with Gasteiger partial charge in [-0.05, 0) is 12.8 Å². The molecule has 0 aromatic carbocycles. The van der Waals surface area contributed by atoms with Crippen LogP contribution in [0, 0.1) is 17.8 Å². The molecule has 0 bridgehead atoms. The molecule has 1 aliphatic rings. The van der Waals surface area contributed by atoms with E-state index in [4.69, 9.17) is 6.42 Å². The predicted molar refractivity (Wildman–Crippen MR) is 34.3 cm³/mol. The first kappa shape index (κ1) is 5.18. The lowest BCUT2D eigenvalue weighted by Gasteiger charge is -1.95. The zero-order valence-corrected chi connectivity index (χ0v) is 5.66. The van der Waals surface area contributed by atoms with E-state index in [1.54, 1.807) is 0 Å². The zero-order valence-electron chi connectivity index (χ0n) is 4.08.